The lowest BCUT2D eigenvalue weighted by Crippen LogP contribution is -2.50. The predicted octanol–water partition coefficient (Wildman–Crippen LogP) is 1.40. The predicted molar refractivity (Wildman–Crippen MR) is 98.4 cm³/mol. The normalized spacial score (nSPS) is 23.3. The molecule has 2 unspecified atom stereocenters. The van der Waals surface area contributed by atoms with Gasteiger partial charge in [-0.15, -0.1) is 0 Å². The van der Waals surface area contributed by atoms with Gasteiger partial charge in [-0.25, -0.2) is 0 Å². The second-order valence-corrected chi connectivity index (χ2v) is 6.89. The summed E-state index contributed by atoms with van der Waals surface area (Å²) in [7, 11) is 3.14. The first-order valence-electron chi connectivity index (χ1n) is 9.11. The van der Waals surface area contributed by atoms with Crippen LogP contribution < -0.4 is 20.1 Å². The van der Waals surface area contributed by atoms with Crippen molar-refractivity contribution in [1.29, 1.82) is 0 Å². The topological polar surface area (TPSA) is 85.1 Å². The van der Waals surface area contributed by atoms with Crippen molar-refractivity contribution < 1.29 is 19.1 Å². The summed E-state index contributed by atoms with van der Waals surface area (Å²) in [5.74, 6) is 0.889. The second kappa shape index (κ2) is 7.95. The van der Waals surface area contributed by atoms with Crippen molar-refractivity contribution in [1.82, 2.24) is 4.90 Å². The van der Waals surface area contributed by atoms with Crippen molar-refractivity contribution >= 4 is 17.5 Å². The maximum Gasteiger partial charge on any atom is 0.228 e. The van der Waals surface area contributed by atoms with Gasteiger partial charge in [0.25, 0.3) is 0 Å². The van der Waals surface area contributed by atoms with Gasteiger partial charge in [0.05, 0.1) is 25.8 Å². The zero-order chi connectivity index (χ0) is 18.7. The Morgan fingerprint density at radius 3 is 2.50 bits per heavy atom. The molecule has 2 saturated heterocycles. The van der Waals surface area contributed by atoms with Crippen molar-refractivity contribution in [3.05, 3.63) is 18.2 Å². The van der Waals surface area contributed by atoms with Crippen LogP contribution in [0.2, 0.25) is 0 Å². The van der Waals surface area contributed by atoms with Crippen molar-refractivity contribution in [3.8, 4) is 11.5 Å². The number of hydrogen-bond acceptors (Lipinski definition) is 5. The summed E-state index contributed by atoms with van der Waals surface area (Å²) in [5.41, 5.74) is 6.53. The molecule has 0 bridgehead atoms. The Balaban J connectivity index is 1.77. The molecular weight excluding hydrogens is 334 g/mol. The van der Waals surface area contributed by atoms with E-state index in [2.05, 4.69) is 0 Å². The molecule has 2 atom stereocenters. The number of rotatable bonds is 5. The van der Waals surface area contributed by atoms with Crippen molar-refractivity contribution in [2.75, 3.05) is 38.8 Å². The number of ether oxygens (including phenoxy) is 2. The third kappa shape index (κ3) is 3.62. The molecule has 3 rings (SSSR count). The van der Waals surface area contributed by atoms with Crippen LogP contribution in [0, 0.1) is 5.92 Å². The van der Waals surface area contributed by atoms with E-state index in [1.54, 1.807) is 37.3 Å². The van der Waals surface area contributed by atoms with E-state index in [9.17, 15) is 9.59 Å². The fourth-order valence-corrected chi connectivity index (χ4v) is 3.84. The molecule has 2 amide bonds. The van der Waals surface area contributed by atoms with Crippen LogP contribution in [0.25, 0.3) is 0 Å². The van der Waals surface area contributed by atoms with Crippen LogP contribution in [-0.4, -0.2) is 56.6 Å². The minimum absolute atomic E-state index is 0.0471. The highest BCUT2D eigenvalue weighted by molar-refractivity contribution is 6.00. The average Bonchev–Trinajstić information content (AvgIpc) is 3.08. The lowest BCUT2D eigenvalue weighted by atomic mass is 9.98. The standard InChI is InChI=1S/C19H27N3O4/c1-25-16-8-15(9-17(10-16)26-2)22-12-13(7-18(22)23)19(24)21-6-4-3-5-14(21)11-20/h8-10,13-14H,3-7,11-12,20H2,1-2H3. The minimum atomic E-state index is -0.327. The zero-order valence-electron chi connectivity index (χ0n) is 15.4. The Morgan fingerprint density at radius 2 is 1.88 bits per heavy atom. The van der Waals surface area contributed by atoms with E-state index < -0.39 is 0 Å². The summed E-state index contributed by atoms with van der Waals surface area (Å²) in [6.45, 7) is 1.59. The molecule has 0 aliphatic carbocycles. The number of amides is 2. The summed E-state index contributed by atoms with van der Waals surface area (Å²) in [5, 5.41) is 0. The number of methoxy groups -OCH3 is 2. The van der Waals surface area contributed by atoms with Gasteiger partial charge in [-0.05, 0) is 19.3 Å². The molecule has 0 aromatic heterocycles. The number of anilines is 1. The first-order valence-corrected chi connectivity index (χ1v) is 9.11. The van der Waals surface area contributed by atoms with Gasteiger partial charge in [-0.1, -0.05) is 0 Å². The number of nitrogens with two attached hydrogens (primary N) is 1. The summed E-state index contributed by atoms with van der Waals surface area (Å²) in [6.07, 6.45) is 3.27. The maximum absolute atomic E-state index is 13.0. The van der Waals surface area contributed by atoms with E-state index in [1.807, 2.05) is 4.90 Å². The van der Waals surface area contributed by atoms with E-state index in [4.69, 9.17) is 15.2 Å². The Hall–Kier alpha value is -2.28. The summed E-state index contributed by atoms with van der Waals surface area (Å²) in [6, 6.07) is 5.43. The highest BCUT2D eigenvalue weighted by Gasteiger charge is 2.39. The first-order chi connectivity index (χ1) is 12.6. The van der Waals surface area contributed by atoms with Gasteiger partial charge >= 0.3 is 0 Å². The maximum atomic E-state index is 13.0. The van der Waals surface area contributed by atoms with Crippen molar-refractivity contribution in [2.45, 2.75) is 31.7 Å². The van der Waals surface area contributed by atoms with Gasteiger partial charge in [0.2, 0.25) is 11.8 Å². The number of benzene rings is 1. The molecule has 1 aromatic rings. The molecular formula is C19H27N3O4. The number of piperidine rings is 1. The van der Waals surface area contributed by atoms with Crippen LogP contribution in [0.5, 0.6) is 11.5 Å². The monoisotopic (exact) mass is 361 g/mol. The first kappa shape index (κ1) is 18.5. The highest BCUT2D eigenvalue weighted by atomic mass is 16.5. The average molecular weight is 361 g/mol. The van der Waals surface area contributed by atoms with E-state index >= 15 is 0 Å². The number of carbonyl (C=O) groups excluding carboxylic acids is 2. The third-order valence-electron chi connectivity index (χ3n) is 5.30. The van der Waals surface area contributed by atoms with Gasteiger partial charge in [-0.2, -0.15) is 0 Å². The van der Waals surface area contributed by atoms with E-state index in [0.29, 0.717) is 30.3 Å². The molecule has 2 aliphatic heterocycles. The third-order valence-corrected chi connectivity index (χ3v) is 5.30. The molecule has 2 heterocycles. The van der Waals surface area contributed by atoms with E-state index in [0.717, 1.165) is 25.8 Å². The smallest absolute Gasteiger partial charge is 0.228 e. The summed E-state index contributed by atoms with van der Waals surface area (Å²) in [4.78, 5) is 29.1. The SMILES string of the molecule is COc1cc(OC)cc(N2CC(C(=O)N3CCCCC3CN)CC2=O)c1. The molecule has 2 aliphatic rings. The van der Waals surface area contributed by atoms with Gasteiger partial charge < -0.3 is 25.0 Å². The molecule has 0 spiro atoms. The molecule has 26 heavy (non-hydrogen) atoms. The van der Waals surface area contributed by atoms with Crippen molar-refractivity contribution in [2.24, 2.45) is 11.7 Å². The molecule has 2 fully saturated rings. The van der Waals surface area contributed by atoms with Crippen LogP contribution in [0.1, 0.15) is 25.7 Å². The van der Waals surface area contributed by atoms with Crippen LogP contribution in [0.3, 0.4) is 0 Å². The second-order valence-electron chi connectivity index (χ2n) is 6.89. The van der Waals surface area contributed by atoms with Crippen LogP contribution >= 0.6 is 0 Å². The summed E-state index contributed by atoms with van der Waals surface area (Å²) >= 11 is 0. The van der Waals surface area contributed by atoms with Gasteiger partial charge in [-0.3, -0.25) is 9.59 Å². The summed E-state index contributed by atoms with van der Waals surface area (Å²) < 4.78 is 10.6. The molecule has 7 nitrogen and oxygen atoms in total. The fourth-order valence-electron chi connectivity index (χ4n) is 3.84. The zero-order valence-corrected chi connectivity index (χ0v) is 15.4. The van der Waals surface area contributed by atoms with E-state index in [-0.39, 0.29) is 30.2 Å². The number of nitrogens with zero attached hydrogens (tertiary/aromatic N) is 2. The fraction of sp³-hybridized carbons (Fsp3) is 0.579. The van der Waals surface area contributed by atoms with Crippen LogP contribution in [-0.2, 0) is 9.59 Å². The molecule has 0 saturated carbocycles. The van der Waals surface area contributed by atoms with Crippen LogP contribution in [0.15, 0.2) is 18.2 Å². The lowest BCUT2D eigenvalue weighted by Gasteiger charge is -2.36. The molecule has 1 aromatic carbocycles. The van der Waals surface area contributed by atoms with Crippen LogP contribution in [0.4, 0.5) is 5.69 Å². The quantitative estimate of drug-likeness (QED) is 0.857. The largest absolute Gasteiger partial charge is 0.497 e. The van der Waals surface area contributed by atoms with E-state index in [1.165, 1.54) is 0 Å². The minimum Gasteiger partial charge on any atom is -0.497 e. The molecule has 0 radical (unpaired) electrons. The number of hydrogen-bond donors (Lipinski definition) is 1. The Bertz CT molecular complexity index is 656. The highest BCUT2D eigenvalue weighted by Crippen LogP contribution is 2.33. The number of likely N-dealkylation sites (tertiary alicyclic amines) is 1. The Morgan fingerprint density at radius 1 is 1.19 bits per heavy atom. The van der Waals surface area contributed by atoms with Gasteiger partial charge in [0.1, 0.15) is 11.5 Å². The molecule has 7 heteroatoms. The Kier molecular flexibility index (Phi) is 5.66. The lowest BCUT2D eigenvalue weighted by molar-refractivity contribution is -0.139. The molecule has 142 valence electrons. The van der Waals surface area contributed by atoms with Gasteiger partial charge in [0.15, 0.2) is 0 Å². The number of carbonyl (C=O) groups is 2. The van der Waals surface area contributed by atoms with Crippen molar-refractivity contribution in [3.63, 3.8) is 0 Å². The molecule has 2 N–H and O–H groups in total. The van der Waals surface area contributed by atoms with Gasteiger partial charge in [0, 0.05) is 50.3 Å². The Labute approximate surface area is 154 Å².